The van der Waals surface area contributed by atoms with E-state index in [9.17, 15) is 0 Å². The Bertz CT molecular complexity index is 513. The molecule has 2 heterocycles. The molecule has 0 radical (unpaired) electrons. The Morgan fingerprint density at radius 1 is 1.45 bits per heavy atom. The van der Waals surface area contributed by atoms with Crippen molar-refractivity contribution in [2.24, 2.45) is 11.7 Å². The van der Waals surface area contributed by atoms with Crippen molar-refractivity contribution >= 4 is 11.7 Å². The van der Waals surface area contributed by atoms with Crippen molar-refractivity contribution in [1.82, 2.24) is 15.1 Å². The largest absolute Gasteiger partial charge is 0.384 e. The molecule has 6 heteroatoms. The zero-order valence-electron chi connectivity index (χ0n) is 12.8. The average molecular weight is 276 g/mol. The first-order chi connectivity index (χ1) is 9.40. The molecule has 0 bridgehead atoms. The molecular formula is C14H24N6. The minimum Gasteiger partial charge on any atom is -0.384 e. The second-order valence-corrected chi connectivity index (χ2v) is 5.82. The van der Waals surface area contributed by atoms with Crippen LogP contribution < -0.4 is 10.6 Å². The van der Waals surface area contributed by atoms with Crippen LogP contribution in [-0.4, -0.2) is 54.7 Å². The highest BCUT2D eigenvalue weighted by molar-refractivity contribution is 6.01. The third-order valence-corrected chi connectivity index (χ3v) is 4.09. The normalized spacial score (nSPS) is 19.3. The Morgan fingerprint density at radius 2 is 2.15 bits per heavy atom. The van der Waals surface area contributed by atoms with Gasteiger partial charge in [-0.25, -0.2) is 0 Å². The van der Waals surface area contributed by atoms with Gasteiger partial charge in [0, 0.05) is 20.1 Å². The molecule has 0 aliphatic carbocycles. The predicted molar refractivity (Wildman–Crippen MR) is 81.4 cm³/mol. The van der Waals surface area contributed by atoms with Crippen molar-refractivity contribution in [1.29, 1.82) is 5.41 Å². The Kier molecular flexibility index (Phi) is 4.23. The monoisotopic (exact) mass is 276 g/mol. The Hall–Kier alpha value is -1.69. The first-order valence-electron chi connectivity index (χ1n) is 6.98. The number of hydrogen-bond donors (Lipinski definition) is 2. The van der Waals surface area contributed by atoms with Gasteiger partial charge in [0.15, 0.2) is 5.82 Å². The SMILES string of the molecule is Cc1nnc(N(C)CC2CCN(C)C2)c(C(=N)N)c1C. The first kappa shape index (κ1) is 14.7. The number of rotatable bonds is 4. The number of amidine groups is 1. The molecule has 110 valence electrons. The van der Waals surface area contributed by atoms with Crippen LogP contribution in [0.4, 0.5) is 5.82 Å². The highest BCUT2D eigenvalue weighted by Crippen LogP contribution is 2.23. The maximum atomic E-state index is 7.80. The second kappa shape index (κ2) is 5.75. The lowest BCUT2D eigenvalue weighted by atomic mass is 10.1. The molecule has 1 aromatic heterocycles. The molecule has 1 aliphatic heterocycles. The number of nitrogen functional groups attached to an aromatic ring is 1. The van der Waals surface area contributed by atoms with Crippen LogP contribution >= 0.6 is 0 Å². The van der Waals surface area contributed by atoms with Gasteiger partial charge in [-0.05, 0) is 45.3 Å². The van der Waals surface area contributed by atoms with Crippen LogP contribution in [0.1, 0.15) is 23.2 Å². The summed E-state index contributed by atoms with van der Waals surface area (Å²) in [6.07, 6.45) is 1.20. The van der Waals surface area contributed by atoms with Crippen LogP contribution in [0.2, 0.25) is 0 Å². The molecule has 1 aliphatic rings. The molecule has 6 nitrogen and oxygen atoms in total. The van der Waals surface area contributed by atoms with Gasteiger partial charge in [0.25, 0.3) is 0 Å². The molecule has 0 aromatic carbocycles. The van der Waals surface area contributed by atoms with Crippen LogP contribution in [0.25, 0.3) is 0 Å². The average Bonchev–Trinajstić information content (AvgIpc) is 2.77. The lowest BCUT2D eigenvalue weighted by Crippen LogP contribution is -2.31. The highest BCUT2D eigenvalue weighted by Gasteiger charge is 2.23. The van der Waals surface area contributed by atoms with Gasteiger partial charge in [-0.15, -0.1) is 5.10 Å². The third kappa shape index (κ3) is 2.90. The van der Waals surface area contributed by atoms with Crippen molar-refractivity contribution in [2.75, 3.05) is 38.6 Å². The number of anilines is 1. The van der Waals surface area contributed by atoms with Crippen molar-refractivity contribution in [3.05, 3.63) is 16.8 Å². The Labute approximate surface area is 120 Å². The van der Waals surface area contributed by atoms with Crippen molar-refractivity contribution in [3.8, 4) is 0 Å². The second-order valence-electron chi connectivity index (χ2n) is 5.82. The fourth-order valence-corrected chi connectivity index (χ4v) is 2.83. The molecule has 0 spiro atoms. The molecule has 20 heavy (non-hydrogen) atoms. The van der Waals surface area contributed by atoms with Crippen LogP contribution in [0.3, 0.4) is 0 Å². The topological polar surface area (TPSA) is 82.1 Å². The number of hydrogen-bond acceptors (Lipinski definition) is 5. The fourth-order valence-electron chi connectivity index (χ4n) is 2.83. The van der Waals surface area contributed by atoms with E-state index in [0.29, 0.717) is 11.5 Å². The zero-order chi connectivity index (χ0) is 14.9. The van der Waals surface area contributed by atoms with Crippen molar-refractivity contribution in [2.45, 2.75) is 20.3 Å². The molecule has 0 amide bonds. The molecular weight excluding hydrogens is 252 g/mol. The molecule has 1 fully saturated rings. The summed E-state index contributed by atoms with van der Waals surface area (Å²) in [4.78, 5) is 4.43. The summed E-state index contributed by atoms with van der Waals surface area (Å²) in [5.41, 5.74) is 8.22. The number of aryl methyl sites for hydroxylation is 1. The Morgan fingerprint density at radius 3 is 2.70 bits per heavy atom. The van der Waals surface area contributed by atoms with Gasteiger partial charge in [0.05, 0.1) is 11.3 Å². The van der Waals surface area contributed by atoms with Gasteiger partial charge >= 0.3 is 0 Å². The van der Waals surface area contributed by atoms with Gasteiger partial charge in [0.1, 0.15) is 5.84 Å². The summed E-state index contributed by atoms with van der Waals surface area (Å²) in [7, 11) is 4.15. The van der Waals surface area contributed by atoms with E-state index in [4.69, 9.17) is 11.1 Å². The van der Waals surface area contributed by atoms with Crippen molar-refractivity contribution < 1.29 is 0 Å². The van der Waals surface area contributed by atoms with Crippen LogP contribution in [0, 0.1) is 25.2 Å². The van der Waals surface area contributed by atoms with E-state index in [1.807, 2.05) is 20.9 Å². The van der Waals surface area contributed by atoms with Crippen molar-refractivity contribution in [3.63, 3.8) is 0 Å². The quantitative estimate of drug-likeness (QED) is 0.627. The van der Waals surface area contributed by atoms with E-state index >= 15 is 0 Å². The molecule has 2 rings (SSSR count). The van der Waals surface area contributed by atoms with E-state index < -0.39 is 0 Å². The number of nitrogens with two attached hydrogens (primary N) is 1. The Balaban J connectivity index is 2.23. The summed E-state index contributed by atoms with van der Waals surface area (Å²) >= 11 is 0. The van der Waals surface area contributed by atoms with Gasteiger partial charge in [-0.3, -0.25) is 5.41 Å². The van der Waals surface area contributed by atoms with E-state index in [2.05, 4.69) is 27.0 Å². The van der Waals surface area contributed by atoms with Gasteiger partial charge < -0.3 is 15.5 Å². The summed E-state index contributed by atoms with van der Waals surface area (Å²) in [6, 6.07) is 0. The lowest BCUT2D eigenvalue weighted by molar-refractivity contribution is 0.395. The fraction of sp³-hybridized carbons (Fsp3) is 0.643. The van der Waals surface area contributed by atoms with Gasteiger partial charge in [-0.2, -0.15) is 5.10 Å². The molecule has 1 atom stereocenters. The minimum absolute atomic E-state index is 0.0610. The van der Waals surface area contributed by atoms with Gasteiger partial charge in [0.2, 0.25) is 0 Å². The molecule has 1 aromatic rings. The third-order valence-electron chi connectivity index (χ3n) is 4.09. The van der Waals surface area contributed by atoms with Crippen LogP contribution in [-0.2, 0) is 0 Å². The molecule has 0 saturated carbocycles. The number of aromatic nitrogens is 2. The van der Waals surface area contributed by atoms with Crippen LogP contribution in [0.15, 0.2) is 0 Å². The highest BCUT2D eigenvalue weighted by atomic mass is 15.3. The number of nitrogens with zero attached hydrogens (tertiary/aromatic N) is 4. The van der Waals surface area contributed by atoms with E-state index in [1.165, 1.54) is 6.42 Å². The van der Waals surface area contributed by atoms with E-state index in [0.717, 1.165) is 36.7 Å². The molecule has 1 unspecified atom stereocenters. The predicted octanol–water partition coefficient (Wildman–Crippen LogP) is 0.765. The zero-order valence-corrected chi connectivity index (χ0v) is 12.8. The molecule has 3 N–H and O–H groups in total. The maximum Gasteiger partial charge on any atom is 0.162 e. The minimum atomic E-state index is 0.0610. The lowest BCUT2D eigenvalue weighted by Gasteiger charge is -2.24. The standard InChI is InChI=1S/C14H24N6/c1-9-10(2)17-18-14(12(9)13(15)16)20(4)8-11-5-6-19(3)7-11/h11H,5-8H2,1-4H3,(H3,15,16). The van der Waals surface area contributed by atoms with Gasteiger partial charge in [-0.1, -0.05) is 0 Å². The number of likely N-dealkylation sites (tertiary alicyclic amines) is 1. The maximum absolute atomic E-state index is 7.80. The van der Waals surface area contributed by atoms with E-state index in [-0.39, 0.29) is 5.84 Å². The summed E-state index contributed by atoms with van der Waals surface area (Å²) in [5.74, 6) is 1.41. The summed E-state index contributed by atoms with van der Waals surface area (Å²) < 4.78 is 0. The van der Waals surface area contributed by atoms with Crippen LogP contribution in [0.5, 0.6) is 0 Å². The first-order valence-corrected chi connectivity index (χ1v) is 6.98. The number of nitrogens with one attached hydrogen (secondary N) is 1. The molecule has 1 saturated heterocycles. The van der Waals surface area contributed by atoms with E-state index in [1.54, 1.807) is 0 Å². The smallest absolute Gasteiger partial charge is 0.162 e. The summed E-state index contributed by atoms with van der Waals surface area (Å²) in [5, 5.41) is 16.2. The summed E-state index contributed by atoms with van der Waals surface area (Å²) in [6.45, 7) is 7.02.